The van der Waals surface area contributed by atoms with E-state index in [0.29, 0.717) is 11.7 Å². The van der Waals surface area contributed by atoms with Gasteiger partial charge in [0, 0.05) is 10.8 Å². The average molecular weight is 292 g/mol. The van der Waals surface area contributed by atoms with E-state index in [9.17, 15) is 0 Å². The Labute approximate surface area is 122 Å². The fourth-order valence-corrected chi connectivity index (χ4v) is 2.93. The van der Waals surface area contributed by atoms with Crippen LogP contribution in [0.5, 0.6) is 5.75 Å². The molecule has 3 rings (SSSR count). The SMILES string of the molecule is Clc1ccc(OCc2nnn[n-]2)c(C2CCCCC2)c1. The summed E-state index contributed by atoms with van der Waals surface area (Å²) in [6.45, 7) is 0.286. The zero-order valence-corrected chi connectivity index (χ0v) is 11.9. The molecule has 0 saturated heterocycles. The van der Waals surface area contributed by atoms with Crippen LogP contribution in [-0.4, -0.2) is 15.5 Å². The van der Waals surface area contributed by atoms with Gasteiger partial charge in [-0.15, -0.1) is 0 Å². The molecular weight excluding hydrogens is 276 g/mol. The second-order valence-corrected chi connectivity index (χ2v) is 5.54. The van der Waals surface area contributed by atoms with E-state index < -0.39 is 0 Å². The van der Waals surface area contributed by atoms with E-state index in [1.165, 1.54) is 37.7 Å². The van der Waals surface area contributed by atoms with Gasteiger partial charge in [-0.1, -0.05) is 30.9 Å². The minimum Gasteiger partial charge on any atom is -0.488 e. The van der Waals surface area contributed by atoms with Crippen LogP contribution in [0.4, 0.5) is 0 Å². The highest BCUT2D eigenvalue weighted by molar-refractivity contribution is 6.30. The third kappa shape index (κ3) is 3.10. The molecule has 5 nitrogen and oxygen atoms in total. The maximum absolute atomic E-state index is 6.14. The Morgan fingerprint density at radius 2 is 2.10 bits per heavy atom. The van der Waals surface area contributed by atoms with Gasteiger partial charge in [0.2, 0.25) is 0 Å². The molecule has 1 aromatic heterocycles. The van der Waals surface area contributed by atoms with Crippen molar-refractivity contribution in [1.29, 1.82) is 0 Å². The minimum atomic E-state index is 0.286. The van der Waals surface area contributed by atoms with Crippen LogP contribution in [0.15, 0.2) is 18.2 Å². The summed E-state index contributed by atoms with van der Waals surface area (Å²) < 4.78 is 5.83. The van der Waals surface area contributed by atoms with Gasteiger partial charge in [0.05, 0.1) is 0 Å². The zero-order valence-electron chi connectivity index (χ0n) is 11.1. The van der Waals surface area contributed by atoms with E-state index >= 15 is 0 Å². The lowest BCUT2D eigenvalue weighted by Gasteiger charge is -2.24. The first-order valence-corrected chi connectivity index (χ1v) is 7.30. The van der Waals surface area contributed by atoms with Crippen molar-refractivity contribution in [2.24, 2.45) is 0 Å². The largest absolute Gasteiger partial charge is 0.488 e. The molecule has 106 valence electrons. The van der Waals surface area contributed by atoms with Crippen LogP contribution >= 0.6 is 11.6 Å². The Morgan fingerprint density at radius 3 is 2.85 bits per heavy atom. The van der Waals surface area contributed by atoms with E-state index in [1.807, 2.05) is 18.2 Å². The first kappa shape index (κ1) is 13.4. The first-order chi connectivity index (χ1) is 9.83. The van der Waals surface area contributed by atoms with Gasteiger partial charge in [-0.05, 0) is 42.5 Å². The standard InChI is InChI=1S/C14H16ClN4O/c15-11-6-7-13(20-9-14-16-18-19-17-14)12(8-11)10-4-2-1-3-5-10/h6-8,10H,1-5,9H2/q-1. The van der Waals surface area contributed by atoms with Gasteiger partial charge in [-0.3, -0.25) is 10.3 Å². The molecule has 1 aliphatic carbocycles. The maximum atomic E-state index is 6.14. The smallest absolute Gasteiger partial charge is 0.123 e. The van der Waals surface area contributed by atoms with E-state index in [4.69, 9.17) is 16.3 Å². The van der Waals surface area contributed by atoms with Crippen molar-refractivity contribution >= 4 is 11.6 Å². The van der Waals surface area contributed by atoms with Gasteiger partial charge >= 0.3 is 0 Å². The third-order valence-corrected chi connectivity index (χ3v) is 3.97. The van der Waals surface area contributed by atoms with Crippen molar-refractivity contribution in [3.05, 3.63) is 34.6 Å². The highest BCUT2D eigenvalue weighted by Crippen LogP contribution is 2.38. The number of hydrogen-bond acceptors (Lipinski definition) is 4. The van der Waals surface area contributed by atoms with E-state index in [0.717, 1.165) is 10.8 Å². The number of tetrazole rings is 1. The molecule has 0 N–H and O–H groups in total. The van der Waals surface area contributed by atoms with E-state index in [1.54, 1.807) is 0 Å². The predicted molar refractivity (Wildman–Crippen MR) is 74.8 cm³/mol. The van der Waals surface area contributed by atoms with Crippen LogP contribution < -0.4 is 9.84 Å². The second-order valence-electron chi connectivity index (χ2n) is 5.10. The van der Waals surface area contributed by atoms with Crippen LogP contribution in [0.1, 0.15) is 49.4 Å². The lowest BCUT2D eigenvalue weighted by atomic mass is 9.84. The Morgan fingerprint density at radius 1 is 1.25 bits per heavy atom. The summed E-state index contributed by atoms with van der Waals surface area (Å²) in [7, 11) is 0. The molecule has 1 aromatic carbocycles. The molecule has 0 spiro atoms. The molecule has 1 fully saturated rings. The van der Waals surface area contributed by atoms with Gasteiger partial charge in [0.15, 0.2) is 0 Å². The molecule has 0 atom stereocenters. The second kappa shape index (κ2) is 6.22. The molecule has 1 heterocycles. The molecule has 0 amide bonds. The van der Waals surface area contributed by atoms with E-state index in [2.05, 4.69) is 20.6 Å². The van der Waals surface area contributed by atoms with Crippen molar-refractivity contribution in [3.8, 4) is 5.75 Å². The summed E-state index contributed by atoms with van der Waals surface area (Å²) in [4.78, 5) is 0. The number of benzene rings is 1. The summed E-state index contributed by atoms with van der Waals surface area (Å²) in [5.41, 5.74) is 1.20. The number of rotatable bonds is 4. The maximum Gasteiger partial charge on any atom is 0.123 e. The lowest BCUT2D eigenvalue weighted by Crippen LogP contribution is -2.08. The Kier molecular flexibility index (Phi) is 4.16. The van der Waals surface area contributed by atoms with Crippen LogP contribution in [0.2, 0.25) is 5.02 Å². The molecule has 2 aromatic rings. The molecule has 0 aliphatic heterocycles. The van der Waals surface area contributed by atoms with Crippen LogP contribution in [0, 0.1) is 0 Å². The summed E-state index contributed by atoms with van der Waals surface area (Å²) >= 11 is 6.14. The van der Waals surface area contributed by atoms with Crippen molar-refractivity contribution < 1.29 is 4.74 Å². The molecule has 1 saturated carbocycles. The van der Waals surface area contributed by atoms with Crippen molar-refractivity contribution in [2.45, 2.75) is 44.6 Å². The summed E-state index contributed by atoms with van der Waals surface area (Å²) in [6.07, 6.45) is 6.28. The molecule has 0 unspecified atom stereocenters. The highest BCUT2D eigenvalue weighted by atomic mass is 35.5. The highest BCUT2D eigenvalue weighted by Gasteiger charge is 2.19. The number of aromatic nitrogens is 4. The van der Waals surface area contributed by atoms with Gasteiger partial charge < -0.3 is 9.84 Å². The monoisotopic (exact) mass is 291 g/mol. The Balaban J connectivity index is 1.78. The first-order valence-electron chi connectivity index (χ1n) is 6.93. The molecule has 0 bridgehead atoms. The third-order valence-electron chi connectivity index (χ3n) is 3.73. The molecule has 20 heavy (non-hydrogen) atoms. The minimum absolute atomic E-state index is 0.286. The quantitative estimate of drug-likeness (QED) is 0.866. The van der Waals surface area contributed by atoms with Crippen LogP contribution in [0.3, 0.4) is 0 Å². The van der Waals surface area contributed by atoms with E-state index in [-0.39, 0.29) is 6.61 Å². The van der Waals surface area contributed by atoms with Crippen molar-refractivity contribution in [3.63, 3.8) is 0 Å². The van der Waals surface area contributed by atoms with Crippen molar-refractivity contribution in [2.75, 3.05) is 0 Å². The molecular formula is C14H16ClN4O-. The normalized spacial score (nSPS) is 16.2. The van der Waals surface area contributed by atoms with Crippen molar-refractivity contribution in [1.82, 2.24) is 20.6 Å². The average Bonchev–Trinajstić information content (AvgIpc) is 3.00. The van der Waals surface area contributed by atoms with Gasteiger partial charge in [-0.2, -0.15) is 5.21 Å². The van der Waals surface area contributed by atoms with Crippen LogP contribution in [-0.2, 0) is 6.61 Å². The number of halogens is 1. The summed E-state index contributed by atoms with van der Waals surface area (Å²) in [6, 6.07) is 5.80. The van der Waals surface area contributed by atoms with Crippen LogP contribution in [0.25, 0.3) is 0 Å². The van der Waals surface area contributed by atoms with Gasteiger partial charge in [-0.25, -0.2) is 0 Å². The molecule has 6 heteroatoms. The number of nitrogens with zero attached hydrogens (tertiary/aromatic N) is 4. The number of ether oxygens (including phenoxy) is 1. The summed E-state index contributed by atoms with van der Waals surface area (Å²) in [5.74, 6) is 1.90. The summed E-state index contributed by atoms with van der Waals surface area (Å²) in [5, 5.41) is 15.2. The Bertz CT molecular complexity index is 552. The fourth-order valence-electron chi connectivity index (χ4n) is 2.75. The Hall–Kier alpha value is -1.62. The topological polar surface area (TPSA) is 62.0 Å². The molecule has 0 radical (unpaired) electrons. The molecule has 1 aliphatic rings. The number of hydrogen-bond donors (Lipinski definition) is 0. The zero-order chi connectivity index (χ0) is 13.8. The van der Waals surface area contributed by atoms with Gasteiger partial charge in [0.1, 0.15) is 12.4 Å². The lowest BCUT2D eigenvalue weighted by molar-refractivity contribution is 0.287. The predicted octanol–water partition coefficient (Wildman–Crippen LogP) is 3.11. The van der Waals surface area contributed by atoms with Gasteiger partial charge in [0.25, 0.3) is 0 Å². The fraction of sp³-hybridized carbons (Fsp3) is 0.500.